The van der Waals surface area contributed by atoms with Crippen LogP contribution in [0.3, 0.4) is 0 Å². The predicted molar refractivity (Wildman–Crippen MR) is 107 cm³/mol. The Morgan fingerprint density at radius 2 is 0.926 bits per heavy atom. The third kappa shape index (κ3) is 6.82. The number of fused-ring (bicyclic) bond motifs is 1. The van der Waals surface area contributed by atoms with E-state index in [4.69, 9.17) is 20.4 Å². The van der Waals surface area contributed by atoms with E-state index >= 15 is 0 Å². The molecule has 0 bridgehead atoms. The molecule has 138 valence electrons. The summed E-state index contributed by atoms with van der Waals surface area (Å²) >= 11 is 0. The Balaban J connectivity index is 0.000000159. The van der Waals surface area contributed by atoms with Gasteiger partial charge < -0.3 is 20.4 Å². The van der Waals surface area contributed by atoms with E-state index in [0.29, 0.717) is 17.1 Å². The van der Waals surface area contributed by atoms with Crippen molar-refractivity contribution in [2.45, 2.75) is 6.29 Å². The molecule has 4 rings (SSSR count). The summed E-state index contributed by atoms with van der Waals surface area (Å²) in [5.41, 5.74) is 0.554. The highest BCUT2D eigenvalue weighted by atomic mass is 16.5. The maximum Gasteiger partial charge on any atom is 0.179 e. The molecule has 0 saturated heterocycles. The van der Waals surface area contributed by atoms with Crippen LogP contribution in [-0.2, 0) is 0 Å². The van der Waals surface area contributed by atoms with E-state index < -0.39 is 6.29 Å². The van der Waals surface area contributed by atoms with E-state index in [1.54, 1.807) is 54.6 Å². The van der Waals surface area contributed by atoms with Crippen molar-refractivity contribution in [3.8, 4) is 11.5 Å². The van der Waals surface area contributed by atoms with Crippen LogP contribution in [0, 0.1) is 0 Å². The topological polar surface area (TPSA) is 80.9 Å². The van der Waals surface area contributed by atoms with Crippen LogP contribution in [0.4, 0.5) is 0 Å². The van der Waals surface area contributed by atoms with Gasteiger partial charge in [-0.2, -0.15) is 0 Å². The molecule has 4 aromatic carbocycles. The highest BCUT2D eigenvalue weighted by Gasteiger charge is 2.05. The molecule has 4 aromatic rings. The highest BCUT2D eigenvalue weighted by Crippen LogP contribution is 2.22. The zero-order chi connectivity index (χ0) is 19.5. The van der Waals surface area contributed by atoms with Gasteiger partial charge in [-0.25, -0.2) is 0 Å². The Morgan fingerprint density at radius 3 is 1.37 bits per heavy atom. The van der Waals surface area contributed by atoms with Crippen LogP contribution in [0.2, 0.25) is 0 Å². The highest BCUT2D eigenvalue weighted by molar-refractivity contribution is 5.85. The van der Waals surface area contributed by atoms with Gasteiger partial charge in [0.2, 0.25) is 0 Å². The van der Waals surface area contributed by atoms with Crippen LogP contribution in [0.15, 0.2) is 103 Å². The fourth-order valence-electron chi connectivity index (χ4n) is 2.33. The average molecular weight is 362 g/mol. The second-order valence-corrected chi connectivity index (χ2v) is 5.61. The molecule has 0 unspecified atom stereocenters. The molecule has 4 heteroatoms. The molecule has 27 heavy (non-hydrogen) atoms. The van der Waals surface area contributed by atoms with Gasteiger partial charge in [0.1, 0.15) is 11.5 Å². The second-order valence-electron chi connectivity index (χ2n) is 5.61. The molecule has 0 spiro atoms. The van der Waals surface area contributed by atoms with Gasteiger partial charge in [0.15, 0.2) is 6.29 Å². The van der Waals surface area contributed by atoms with Gasteiger partial charge >= 0.3 is 0 Å². The first kappa shape index (κ1) is 20.0. The maximum atomic E-state index is 9.08. The maximum absolute atomic E-state index is 9.08. The summed E-state index contributed by atoms with van der Waals surface area (Å²) in [4.78, 5) is 0. The van der Waals surface area contributed by atoms with Crippen molar-refractivity contribution in [3.63, 3.8) is 0 Å². The van der Waals surface area contributed by atoms with Crippen LogP contribution in [0.25, 0.3) is 10.8 Å². The van der Waals surface area contributed by atoms with Crippen LogP contribution in [0.5, 0.6) is 11.5 Å². The molecule has 0 aliphatic heterocycles. The van der Waals surface area contributed by atoms with Gasteiger partial charge in [0.05, 0.1) is 0 Å². The number of benzene rings is 4. The molecule has 4 N–H and O–H groups in total. The van der Waals surface area contributed by atoms with Crippen molar-refractivity contribution >= 4 is 10.8 Å². The van der Waals surface area contributed by atoms with Crippen molar-refractivity contribution in [1.82, 2.24) is 0 Å². The van der Waals surface area contributed by atoms with Crippen molar-refractivity contribution in [1.29, 1.82) is 0 Å². The molecule has 0 aliphatic rings. The zero-order valence-corrected chi connectivity index (χ0v) is 14.7. The third-order valence-electron chi connectivity index (χ3n) is 3.61. The molecule has 0 aromatic heterocycles. The molecule has 0 aliphatic carbocycles. The fourth-order valence-corrected chi connectivity index (χ4v) is 2.33. The summed E-state index contributed by atoms with van der Waals surface area (Å²) in [6, 6.07) is 30.5. The Labute approximate surface area is 158 Å². The minimum absolute atomic E-state index is 0.322. The first-order chi connectivity index (χ1) is 13.1. The Hall–Kier alpha value is -3.34. The zero-order valence-electron chi connectivity index (χ0n) is 14.7. The number of aliphatic hydroxyl groups is 2. The van der Waals surface area contributed by atoms with Gasteiger partial charge in [0, 0.05) is 5.56 Å². The molecule has 0 fully saturated rings. The summed E-state index contributed by atoms with van der Waals surface area (Å²) in [6.07, 6.45) is -1.40. The fraction of sp³-hybridized carbons (Fsp3) is 0.0435. The van der Waals surface area contributed by atoms with Crippen molar-refractivity contribution in [3.05, 3.63) is 109 Å². The second kappa shape index (κ2) is 10.6. The van der Waals surface area contributed by atoms with Gasteiger partial charge in [-0.15, -0.1) is 0 Å². The largest absolute Gasteiger partial charge is 0.508 e. The lowest BCUT2D eigenvalue weighted by molar-refractivity contribution is -0.0413. The lowest BCUT2D eigenvalue weighted by Gasteiger charge is -2.07. The van der Waals surface area contributed by atoms with Crippen LogP contribution >= 0.6 is 0 Å². The lowest BCUT2D eigenvalue weighted by atomic mass is 10.0. The molecule has 0 radical (unpaired) electrons. The molecule has 0 amide bonds. The molecule has 0 heterocycles. The summed E-state index contributed by atoms with van der Waals surface area (Å²) in [7, 11) is 0. The van der Waals surface area contributed by atoms with Crippen LogP contribution in [-0.4, -0.2) is 20.4 Å². The van der Waals surface area contributed by atoms with Crippen LogP contribution in [0.1, 0.15) is 11.9 Å². The Morgan fingerprint density at radius 1 is 0.481 bits per heavy atom. The Kier molecular flexibility index (Phi) is 7.85. The monoisotopic (exact) mass is 362 g/mol. The van der Waals surface area contributed by atoms with Gasteiger partial charge in [-0.05, 0) is 35.0 Å². The number of hydrogen-bond donors (Lipinski definition) is 4. The smallest absolute Gasteiger partial charge is 0.179 e. The van der Waals surface area contributed by atoms with Crippen LogP contribution < -0.4 is 0 Å². The number of rotatable bonds is 1. The first-order valence-electron chi connectivity index (χ1n) is 8.40. The van der Waals surface area contributed by atoms with Crippen molar-refractivity contribution in [2.24, 2.45) is 0 Å². The van der Waals surface area contributed by atoms with Gasteiger partial charge in [-0.1, -0.05) is 78.9 Å². The number of phenolic OH excluding ortho intramolecular Hbond substituents is 2. The number of aliphatic hydroxyl groups excluding tert-OH is 1. The van der Waals surface area contributed by atoms with Crippen molar-refractivity contribution in [2.75, 3.05) is 0 Å². The third-order valence-corrected chi connectivity index (χ3v) is 3.61. The summed E-state index contributed by atoms with van der Waals surface area (Å²) < 4.78 is 0. The van der Waals surface area contributed by atoms with Gasteiger partial charge in [-0.3, -0.25) is 0 Å². The molecular formula is C23H22O4. The van der Waals surface area contributed by atoms with E-state index in [2.05, 4.69) is 0 Å². The first-order valence-corrected chi connectivity index (χ1v) is 8.40. The quantitative estimate of drug-likeness (QED) is 0.373. The minimum atomic E-state index is -1.40. The molecular weight excluding hydrogens is 340 g/mol. The van der Waals surface area contributed by atoms with Gasteiger partial charge in [0.25, 0.3) is 0 Å². The summed E-state index contributed by atoms with van der Waals surface area (Å²) in [5, 5.41) is 37.3. The number of hydrogen-bond acceptors (Lipinski definition) is 4. The summed E-state index contributed by atoms with van der Waals surface area (Å²) in [6.45, 7) is 0. The number of para-hydroxylation sites is 2. The number of aromatic hydroxyl groups is 2. The minimum Gasteiger partial charge on any atom is -0.508 e. The predicted octanol–water partition coefficient (Wildman–Crippen LogP) is 4.61. The Bertz CT molecular complexity index is 880. The van der Waals surface area contributed by atoms with E-state index in [0.717, 1.165) is 10.8 Å². The van der Waals surface area contributed by atoms with Crippen molar-refractivity contribution < 1.29 is 20.4 Å². The van der Waals surface area contributed by atoms with E-state index in [9.17, 15) is 0 Å². The summed E-state index contributed by atoms with van der Waals surface area (Å²) in [5.74, 6) is 0.644. The normalized spacial score (nSPS) is 9.74. The van der Waals surface area contributed by atoms with E-state index in [-0.39, 0.29) is 0 Å². The van der Waals surface area contributed by atoms with E-state index in [1.165, 1.54) is 0 Å². The SMILES string of the molecule is OC(O)c1cccc2ccccc12.Oc1ccccc1.Oc1ccccc1. The molecule has 0 atom stereocenters. The molecule has 4 nitrogen and oxygen atoms in total. The average Bonchev–Trinajstić information content (AvgIpc) is 2.70. The standard InChI is InChI=1S/C11H10O2.2C6H6O/c12-11(13)10-7-3-5-8-4-1-2-6-9(8)10;2*7-6-4-2-1-3-5-6/h1-7,11-13H;2*1-5,7H. The lowest BCUT2D eigenvalue weighted by Crippen LogP contribution is -1.95. The van der Waals surface area contributed by atoms with E-state index in [1.807, 2.05) is 48.5 Å². The number of phenols is 2. The molecule has 0 saturated carbocycles.